The summed E-state index contributed by atoms with van der Waals surface area (Å²) in [6.45, 7) is 0.289. The first-order valence-corrected chi connectivity index (χ1v) is 5.25. The van der Waals surface area contributed by atoms with Crippen LogP contribution in [0.1, 0.15) is 0 Å². The van der Waals surface area contributed by atoms with Crippen molar-refractivity contribution in [1.82, 2.24) is 4.98 Å². The zero-order chi connectivity index (χ0) is 10.7. The topological polar surface area (TPSA) is 48.7 Å². The van der Waals surface area contributed by atoms with Crippen LogP contribution in [0.15, 0.2) is 34.9 Å². The van der Waals surface area contributed by atoms with Crippen molar-refractivity contribution in [1.29, 1.82) is 5.26 Å². The molecule has 0 amide bonds. The molecule has 4 heteroatoms. The number of pyridine rings is 1. The molecule has 0 saturated heterocycles. The second-order valence-corrected chi connectivity index (χ2v) is 3.96. The Balaban J connectivity index is 2.52. The van der Waals surface area contributed by atoms with Gasteiger partial charge in [-0.05, 0) is 28.1 Å². The highest BCUT2D eigenvalue weighted by atomic mass is 79.9. The molecular formula is C11H8BrN3. The molecule has 0 spiro atoms. The largest absolute Gasteiger partial charge is 0.371 e. The fraction of sp³-hybridized carbons (Fsp3) is 0.0909. The molecular weight excluding hydrogens is 254 g/mol. The van der Waals surface area contributed by atoms with E-state index in [4.69, 9.17) is 5.26 Å². The molecule has 0 radical (unpaired) electrons. The van der Waals surface area contributed by atoms with Crippen LogP contribution in [0, 0.1) is 11.3 Å². The minimum absolute atomic E-state index is 0.289. The number of benzene rings is 1. The van der Waals surface area contributed by atoms with Crippen LogP contribution in [0.3, 0.4) is 0 Å². The monoisotopic (exact) mass is 261 g/mol. The molecule has 1 aromatic carbocycles. The zero-order valence-electron chi connectivity index (χ0n) is 7.87. The lowest BCUT2D eigenvalue weighted by Gasteiger charge is -2.05. The maximum absolute atomic E-state index is 8.50. The van der Waals surface area contributed by atoms with Gasteiger partial charge >= 0.3 is 0 Å². The number of fused-ring (bicyclic) bond motifs is 1. The van der Waals surface area contributed by atoms with E-state index in [0.717, 1.165) is 21.1 Å². The Morgan fingerprint density at radius 1 is 1.47 bits per heavy atom. The van der Waals surface area contributed by atoms with E-state index in [1.807, 2.05) is 30.3 Å². The van der Waals surface area contributed by atoms with Crippen LogP contribution in [0.5, 0.6) is 0 Å². The maximum Gasteiger partial charge on any atom is 0.103 e. The van der Waals surface area contributed by atoms with E-state index in [-0.39, 0.29) is 6.54 Å². The van der Waals surface area contributed by atoms with Gasteiger partial charge in [-0.2, -0.15) is 5.26 Å². The van der Waals surface area contributed by atoms with E-state index in [1.54, 1.807) is 6.20 Å². The van der Waals surface area contributed by atoms with Gasteiger partial charge in [-0.1, -0.05) is 12.1 Å². The molecule has 0 aliphatic heterocycles. The minimum atomic E-state index is 0.289. The van der Waals surface area contributed by atoms with Crippen molar-refractivity contribution in [3.8, 4) is 6.07 Å². The normalized spacial score (nSPS) is 9.87. The Labute approximate surface area is 95.9 Å². The average Bonchev–Trinajstić information content (AvgIpc) is 2.25. The molecule has 15 heavy (non-hydrogen) atoms. The number of hydrogen-bond acceptors (Lipinski definition) is 3. The standard InChI is InChI=1S/C11H8BrN3/c12-9-6-8-2-1-3-10(14-5-4-13)11(8)15-7-9/h1-3,6-7,14H,5H2. The summed E-state index contributed by atoms with van der Waals surface area (Å²) in [6, 6.07) is 9.89. The van der Waals surface area contributed by atoms with Gasteiger partial charge in [0.05, 0.1) is 17.3 Å². The number of aromatic nitrogens is 1. The molecule has 2 rings (SSSR count). The van der Waals surface area contributed by atoms with Crippen molar-refractivity contribution in [3.05, 3.63) is 34.9 Å². The molecule has 0 unspecified atom stereocenters. The predicted octanol–water partition coefficient (Wildman–Crippen LogP) is 2.93. The first kappa shape index (κ1) is 9.94. The molecule has 2 aromatic rings. The van der Waals surface area contributed by atoms with Crippen LogP contribution in [-0.2, 0) is 0 Å². The number of halogens is 1. The summed E-state index contributed by atoms with van der Waals surface area (Å²) in [7, 11) is 0. The summed E-state index contributed by atoms with van der Waals surface area (Å²) in [4.78, 5) is 4.31. The van der Waals surface area contributed by atoms with Crippen molar-refractivity contribution in [2.75, 3.05) is 11.9 Å². The van der Waals surface area contributed by atoms with Gasteiger partial charge in [0.2, 0.25) is 0 Å². The number of nitrogens with zero attached hydrogens (tertiary/aromatic N) is 2. The third kappa shape index (κ3) is 2.08. The molecule has 0 saturated carbocycles. The number of hydrogen-bond donors (Lipinski definition) is 1. The van der Waals surface area contributed by atoms with Crippen LogP contribution in [0.4, 0.5) is 5.69 Å². The SMILES string of the molecule is N#CCNc1cccc2cc(Br)cnc12. The Hall–Kier alpha value is -1.60. The van der Waals surface area contributed by atoms with Crippen molar-refractivity contribution >= 4 is 32.5 Å². The Kier molecular flexibility index (Phi) is 2.84. The molecule has 0 atom stereocenters. The van der Waals surface area contributed by atoms with Crippen LogP contribution in [-0.4, -0.2) is 11.5 Å². The van der Waals surface area contributed by atoms with Gasteiger partial charge in [0.1, 0.15) is 6.54 Å². The van der Waals surface area contributed by atoms with Gasteiger partial charge in [-0.3, -0.25) is 4.98 Å². The van der Waals surface area contributed by atoms with Gasteiger partial charge in [-0.15, -0.1) is 0 Å². The lowest BCUT2D eigenvalue weighted by Crippen LogP contribution is -1.99. The number of nitrogens with one attached hydrogen (secondary N) is 1. The molecule has 0 aliphatic rings. The molecule has 74 valence electrons. The molecule has 0 fully saturated rings. The summed E-state index contributed by atoms with van der Waals surface area (Å²) in [5, 5.41) is 12.6. The summed E-state index contributed by atoms with van der Waals surface area (Å²) in [5.41, 5.74) is 1.78. The summed E-state index contributed by atoms with van der Waals surface area (Å²) < 4.78 is 0.951. The van der Waals surface area contributed by atoms with Gasteiger partial charge in [0.15, 0.2) is 0 Å². The highest BCUT2D eigenvalue weighted by molar-refractivity contribution is 9.10. The minimum Gasteiger partial charge on any atom is -0.371 e. The van der Waals surface area contributed by atoms with Crippen molar-refractivity contribution in [2.45, 2.75) is 0 Å². The van der Waals surface area contributed by atoms with Crippen LogP contribution >= 0.6 is 15.9 Å². The van der Waals surface area contributed by atoms with E-state index in [9.17, 15) is 0 Å². The average molecular weight is 262 g/mol. The molecule has 1 heterocycles. The number of nitriles is 1. The second-order valence-electron chi connectivity index (χ2n) is 3.04. The maximum atomic E-state index is 8.50. The first-order chi connectivity index (χ1) is 7.31. The number of rotatable bonds is 2. The van der Waals surface area contributed by atoms with Crippen LogP contribution in [0.25, 0.3) is 10.9 Å². The van der Waals surface area contributed by atoms with E-state index >= 15 is 0 Å². The second kappa shape index (κ2) is 4.28. The fourth-order valence-corrected chi connectivity index (χ4v) is 1.76. The summed E-state index contributed by atoms with van der Waals surface area (Å²) >= 11 is 3.37. The zero-order valence-corrected chi connectivity index (χ0v) is 9.45. The van der Waals surface area contributed by atoms with Crippen molar-refractivity contribution < 1.29 is 0 Å². The van der Waals surface area contributed by atoms with E-state index in [2.05, 4.69) is 26.2 Å². The lowest BCUT2D eigenvalue weighted by atomic mass is 10.2. The van der Waals surface area contributed by atoms with Crippen molar-refractivity contribution in [3.63, 3.8) is 0 Å². The summed E-state index contributed by atoms with van der Waals surface area (Å²) in [6.07, 6.45) is 1.75. The Bertz CT molecular complexity index is 531. The van der Waals surface area contributed by atoms with Crippen LogP contribution in [0.2, 0.25) is 0 Å². The van der Waals surface area contributed by atoms with Gasteiger partial charge in [-0.25, -0.2) is 0 Å². The highest BCUT2D eigenvalue weighted by Crippen LogP contribution is 2.23. The van der Waals surface area contributed by atoms with Gasteiger partial charge in [0.25, 0.3) is 0 Å². The summed E-state index contributed by atoms with van der Waals surface area (Å²) in [5.74, 6) is 0. The van der Waals surface area contributed by atoms with E-state index < -0.39 is 0 Å². The first-order valence-electron chi connectivity index (χ1n) is 4.46. The smallest absolute Gasteiger partial charge is 0.103 e. The number of anilines is 1. The third-order valence-electron chi connectivity index (χ3n) is 2.04. The molecule has 1 N–H and O–H groups in total. The molecule has 0 aliphatic carbocycles. The van der Waals surface area contributed by atoms with Gasteiger partial charge in [0, 0.05) is 16.1 Å². The van der Waals surface area contributed by atoms with Crippen molar-refractivity contribution in [2.24, 2.45) is 0 Å². The molecule has 0 bridgehead atoms. The Morgan fingerprint density at radius 2 is 2.33 bits per heavy atom. The predicted molar refractivity (Wildman–Crippen MR) is 63.5 cm³/mol. The van der Waals surface area contributed by atoms with E-state index in [0.29, 0.717) is 0 Å². The number of para-hydroxylation sites is 1. The highest BCUT2D eigenvalue weighted by Gasteiger charge is 2.01. The van der Waals surface area contributed by atoms with Gasteiger partial charge < -0.3 is 5.32 Å². The lowest BCUT2D eigenvalue weighted by molar-refractivity contribution is 1.31. The third-order valence-corrected chi connectivity index (χ3v) is 2.47. The van der Waals surface area contributed by atoms with E-state index in [1.165, 1.54) is 0 Å². The Morgan fingerprint density at radius 3 is 3.13 bits per heavy atom. The molecule has 1 aromatic heterocycles. The molecule has 3 nitrogen and oxygen atoms in total. The van der Waals surface area contributed by atoms with Crippen LogP contribution < -0.4 is 5.32 Å². The fourth-order valence-electron chi connectivity index (χ4n) is 1.41. The quantitative estimate of drug-likeness (QED) is 0.846.